The van der Waals surface area contributed by atoms with Gasteiger partial charge < -0.3 is 19.9 Å². The Morgan fingerprint density at radius 3 is 2.73 bits per heavy atom. The van der Waals surface area contributed by atoms with E-state index in [1.165, 1.54) is 0 Å². The van der Waals surface area contributed by atoms with E-state index < -0.39 is 0 Å². The van der Waals surface area contributed by atoms with Crippen molar-refractivity contribution in [3.63, 3.8) is 0 Å². The van der Waals surface area contributed by atoms with Gasteiger partial charge in [-0.15, -0.1) is 0 Å². The molecule has 33 heavy (non-hydrogen) atoms. The van der Waals surface area contributed by atoms with Crippen LogP contribution in [-0.2, 0) is 11.3 Å². The van der Waals surface area contributed by atoms with Crippen molar-refractivity contribution in [2.24, 2.45) is 0 Å². The first-order valence-electron chi connectivity index (χ1n) is 11.0. The predicted molar refractivity (Wildman–Crippen MR) is 124 cm³/mol. The van der Waals surface area contributed by atoms with Crippen LogP contribution in [0.2, 0.25) is 0 Å². The lowest BCUT2D eigenvalue weighted by Gasteiger charge is -2.28. The number of carbonyl (C=O) groups is 2. The number of ether oxygens (including phenoxy) is 1. The number of urea groups is 1. The second kappa shape index (κ2) is 9.20. The summed E-state index contributed by atoms with van der Waals surface area (Å²) in [6.45, 7) is 2.72. The Bertz CT molecular complexity index is 1190. The molecule has 5 rings (SSSR count). The molecule has 2 aromatic carbocycles. The van der Waals surface area contributed by atoms with Gasteiger partial charge in [-0.3, -0.25) is 4.79 Å². The number of hydrogen-bond acceptors (Lipinski definition) is 4. The van der Waals surface area contributed by atoms with Crippen molar-refractivity contribution < 1.29 is 14.3 Å². The SMILES string of the molecule is O=C1NCCN1CCN(Cc1ccnn1-c1ccccc1)C(=O)C1=Cc2ccccc2OC1. The molecule has 0 saturated carbocycles. The minimum atomic E-state index is -0.107. The molecule has 3 aromatic rings. The van der Waals surface area contributed by atoms with Gasteiger partial charge in [-0.25, -0.2) is 9.48 Å². The fraction of sp³-hybridized carbons (Fsp3) is 0.240. The highest BCUT2D eigenvalue weighted by Gasteiger charge is 2.26. The summed E-state index contributed by atoms with van der Waals surface area (Å²) in [5.74, 6) is 0.668. The Morgan fingerprint density at radius 1 is 1.09 bits per heavy atom. The van der Waals surface area contributed by atoms with Crippen LogP contribution in [0.15, 0.2) is 72.4 Å². The number of nitrogens with zero attached hydrogens (tertiary/aromatic N) is 4. The van der Waals surface area contributed by atoms with Crippen LogP contribution >= 0.6 is 0 Å². The number of carbonyl (C=O) groups excluding carboxylic acids is 2. The second-order valence-electron chi connectivity index (χ2n) is 8.01. The van der Waals surface area contributed by atoms with E-state index in [1.54, 1.807) is 16.0 Å². The van der Waals surface area contributed by atoms with Crippen LogP contribution in [0.25, 0.3) is 11.8 Å². The van der Waals surface area contributed by atoms with Gasteiger partial charge in [0.2, 0.25) is 0 Å². The van der Waals surface area contributed by atoms with Gasteiger partial charge in [0.1, 0.15) is 12.4 Å². The number of aromatic nitrogens is 2. The first-order valence-corrected chi connectivity index (χ1v) is 11.0. The predicted octanol–water partition coefficient (Wildman–Crippen LogP) is 2.70. The first-order chi connectivity index (χ1) is 16.2. The van der Waals surface area contributed by atoms with Gasteiger partial charge in [0.15, 0.2) is 0 Å². The van der Waals surface area contributed by atoms with E-state index in [2.05, 4.69) is 10.4 Å². The molecule has 3 amide bonds. The van der Waals surface area contributed by atoms with E-state index in [-0.39, 0.29) is 18.5 Å². The Kier molecular flexibility index (Phi) is 5.80. The van der Waals surface area contributed by atoms with Crippen molar-refractivity contribution in [2.45, 2.75) is 6.54 Å². The molecule has 8 nitrogen and oxygen atoms in total. The third-order valence-corrected chi connectivity index (χ3v) is 5.85. The monoisotopic (exact) mass is 443 g/mol. The summed E-state index contributed by atoms with van der Waals surface area (Å²) >= 11 is 0. The largest absolute Gasteiger partial charge is 0.488 e. The van der Waals surface area contributed by atoms with Crippen molar-refractivity contribution >= 4 is 18.0 Å². The van der Waals surface area contributed by atoms with Gasteiger partial charge in [0.05, 0.1) is 23.5 Å². The Labute approximate surface area is 192 Å². The average Bonchev–Trinajstić information content (AvgIpc) is 3.50. The highest BCUT2D eigenvalue weighted by molar-refractivity contribution is 5.99. The van der Waals surface area contributed by atoms with Crippen LogP contribution in [-0.4, -0.2) is 64.3 Å². The highest BCUT2D eigenvalue weighted by atomic mass is 16.5. The van der Waals surface area contributed by atoms with E-state index in [4.69, 9.17) is 4.74 Å². The van der Waals surface area contributed by atoms with Crippen LogP contribution in [0, 0.1) is 0 Å². The molecule has 2 aliphatic rings. The minimum Gasteiger partial charge on any atom is -0.488 e. The zero-order chi connectivity index (χ0) is 22.6. The van der Waals surface area contributed by atoms with E-state index in [0.717, 1.165) is 22.7 Å². The molecule has 3 heterocycles. The van der Waals surface area contributed by atoms with Crippen molar-refractivity contribution in [3.05, 3.63) is 83.7 Å². The van der Waals surface area contributed by atoms with Gasteiger partial charge >= 0.3 is 6.03 Å². The molecule has 168 valence electrons. The maximum absolute atomic E-state index is 13.6. The summed E-state index contributed by atoms with van der Waals surface area (Å²) < 4.78 is 7.66. The molecule has 0 bridgehead atoms. The van der Waals surface area contributed by atoms with Gasteiger partial charge in [-0.05, 0) is 30.3 Å². The smallest absolute Gasteiger partial charge is 0.317 e. The lowest BCUT2D eigenvalue weighted by molar-refractivity contribution is -0.128. The molecule has 0 aliphatic carbocycles. The molecule has 0 atom stereocenters. The number of fused-ring (bicyclic) bond motifs is 1. The van der Waals surface area contributed by atoms with Crippen molar-refractivity contribution in [1.29, 1.82) is 0 Å². The van der Waals surface area contributed by atoms with Crippen LogP contribution in [0.1, 0.15) is 11.3 Å². The van der Waals surface area contributed by atoms with Crippen LogP contribution < -0.4 is 10.1 Å². The number of hydrogen-bond donors (Lipinski definition) is 1. The summed E-state index contributed by atoms with van der Waals surface area (Å²) in [5, 5.41) is 7.27. The van der Waals surface area contributed by atoms with Crippen LogP contribution in [0.4, 0.5) is 4.79 Å². The summed E-state index contributed by atoms with van der Waals surface area (Å²) in [4.78, 5) is 29.1. The first kappa shape index (κ1) is 20.8. The summed E-state index contributed by atoms with van der Waals surface area (Å²) in [7, 11) is 0. The number of amides is 3. The lowest BCUT2D eigenvalue weighted by Crippen LogP contribution is -2.41. The number of benzene rings is 2. The summed E-state index contributed by atoms with van der Waals surface area (Å²) in [6.07, 6.45) is 3.63. The molecule has 1 N–H and O–H groups in total. The lowest BCUT2D eigenvalue weighted by atomic mass is 10.1. The molecule has 1 saturated heterocycles. The second-order valence-corrected chi connectivity index (χ2v) is 8.01. The molecular formula is C25H25N5O3. The molecule has 0 radical (unpaired) electrons. The van der Waals surface area contributed by atoms with Crippen molar-refractivity contribution in [1.82, 2.24) is 24.9 Å². The molecule has 0 unspecified atom stereocenters. The van der Waals surface area contributed by atoms with E-state index in [0.29, 0.717) is 38.3 Å². The van der Waals surface area contributed by atoms with Gasteiger partial charge in [-0.1, -0.05) is 36.4 Å². The third kappa shape index (κ3) is 4.45. The number of nitrogens with one attached hydrogen (secondary N) is 1. The number of para-hydroxylation sites is 2. The fourth-order valence-electron chi connectivity index (χ4n) is 4.11. The zero-order valence-electron chi connectivity index (χ0n) is 18.2. The minimum absolute atomic E-state index is 0.0918. The Balaban J connectivity index is 1.40. The zero-order valence-corrected chi connectivity index (χ0v) is 18.2. The molecule has 1 fully saturated rings. The van der Waals surface area contributed by atoms with Crippen molar-refractivity contribution in [2.75, 3.05) is 32.8 Å². The normalized spacial score (nSPS) is 14.8. The maximum atomic E-state index is 13.6. The van der Waals surface area contributed by atoms with Crippen LogP contribution in [0.5, 0.6) is 5.75 Å². The maximum Gasteiger partial charge on any atom is 0.317 e. The third-order valence-electron chi connectivity index (χ3n) is 5.85. The van der Waals surface area contributed by atoms with E-state index in [1.807, 2.05) is 71.4 Å². The Hall–Kier alpha value is -4.07. The summed E-state index contributed by atoms with van der Waals surface area (Å²) in [5.41, 5.74) is 3.29. The fourth-order valence-corrected chi connectivity index (χ4v) is 4.11. The molecule has 8 heteroatoms. The van der Waals surface area contributed by atoms with Gasteiger partial charge in [-0.2, -0.15) is 5.10 Å². The average molecular weight is 444 g/mol. The highest BCUT2D eigenvalue weighted by Crippen LogP contribution is 2.27. The van der Waals surface area contributed by atoms with Gasteiger partial charge in [0.25, 0.3) is 5.91 Å². The standard InChI is InChI=1S/C25H25N5O3/c31-24(20-16-19-6-4-5-9-23(19)33-18-20)29(15-14-28-13-12-26-25(28)32)17-22-10-11-27-30(22)21-7-2-1-3-8-21/h1-11,16H,12-15,17-18H2,(H,26,32). The molecular weight excluding hydrogens is 418 g/mol. The summed E-state index contributed by atoms with van der Waals surface area (Å²) in [6, 6.07) is 19.3. The van der Waals surface area contributed by atoms with Crippen LogP contribution in [0.3, 0.4) is 0 Å². The quantitative estimate of drug-likeness (QED) is 0.609. The molecule has 2 aliphatic heterocycles. The van der Waals surface area contributed by atoms with Gasteiger partial charge in [0, 0.05) is 37.9 Å². The number of rotatable bonds is 7. The molecule has 0 spiro atoms. The Morgan fingerprint density at radius 2 is 1.91 bits per heavy atom. The molecule has 1 aromatic heterocycles. The topological polar surface area (TPSA) is 79.7 Å². The van der Waals surface area contributed by atoms with E-state index >= 15 is 0 Å². The van der Waals surface area contributed by atoms with Crippen molar-refractivity contribution in [3.8, 4) is 11.4 Å². The van der Waals surface area contributed by atoms with E-state index in [9.17, 15) is 9.59 Å².